The summed E-state index contributed by atoms with van der Waals surface area (Å²) in [6, 6.07) is 1.77. The molecule has 1 heterocycles. The number of rotatable bonds is 5. The van der Waals surface area contributed by atoms with Crippen molar-refractivity contribution in [3.05, 3.63) is 21.8 Å². The van der Waals surface area contributed by atoms with Crippen molar-refractivity contribution < 1.29 is 5.11 Å². The molecule has 2 N–H and O–H groups in total. The molecular formula is C12H18BrClN2O. The minimum atomic E-state index is -0.758. The largest absolute Gasteiger partial charge is 0.388 e. The predicted octanol–water partition coefficient (Wildman–Crippen LogP) is 3.71. The van der Waals surface area contributed by atoms with Crippen molar-refractivity contribution in [3.63, 3.8) is 0 Å². The average molecular weight is 322 g/mol. The second-order valence-electron chi connectivity index (χ2n) is 4.93. The van der Waals surface area contributed by atoms with Crippen molar-refractivity contribution in [2.45, 2.75) is 32.8 Å². The van der Waals surface area contributed by atoms with E-state index in [0.717, 1.165) is 10.9 Å². The third-order valence-electron chi connectivity index (χ3n) is 2.29. The lowest BCUT2D eigenvalue weighted by molar-refractivity contribution is 0.0515. The van der Waals surface area contributed by atoms with Crippen molar-refractivity contribution in [2.24, 2.45) is 5.92 Å². The van der Waals surface area contributed by atoms with E-state index in [1.807, 2.05) is 6.92 Å². The van der Waals surface area contributed by atoms with E-state index in [4.69, 9.17) is 11.6 Å². The Balaban J connectivity index is 2.61. The number of aliphatic hydroxyl groups is 1. The normalized spacial score (nSPS) is 14.8. The average Bonchev–Trinajstić information content (AvgIpc) is 2.14. The first-order valence-electron chi connectivity index (χ1n) is 5.57. The van der Waals surface area contributed by atoms with Gasteiger partial charge < -0.3 is 10.4 Å². The van der Waals surface area contributed by atoms with Gasteiger partial charge in [0.25, 0.3) is 0 Å². The molecule has 1 atom stereocenters. The smallest absolute Gasteiger partial charge is 0.144 e. The van der Waals surface area contributed by atoms with Crippen LogP contribution in [0.4, 0.5) is 5.82 Å². The predicted molar refractivity (Wildman–Crippen MR) is 75.5 cm³/mol. The zero-order valence-corrected chi connectivity index (χ0v) is 12.6. The number of anilines is 1. The molecule has 1 rings (SSSR count). The van der Waals surface area contributed by atoms with Gasteiger partial charge in [0.1, 0.15) is 5.82 Å². The van der Waals surface area contributed by atoms with Gasteiger partial charge in [0, 0.05) is 17.2 Å². The topological polar surface area (TPSA) is 45.1 Å². The second kappa shape index (κ2) is 6.03. The molecule has 1 aromatic heterocycles. The summed E-state index contributed by atoms with van der Waals surface area (Å²) >= 11 is 9.32. The number of nitrogens with zero attached hydrogens (tertiary/aromatic N) is 1. The maximum atomic E-state index is 10.1. The van der Waals surface area contributed by atoms with Crippen LogP contribution in [0, 0.1) is 5.92 Å². The summed E-state index contributed by atoms with van der Waals surface area (Å²) in [5, 5.41) is 13.8. The summed E-state index contributed by atoms with van der Waals surface area (Å²) in [7, 11) is 0. The molecule has 0 radical (unpaired) electrons. The Hall–Kier alpha value is -0.320. The maximum absolute atomic E-state index is 10.1. The van der Waals surface area contributed by atoms with Crippen LogP contribution in [0.15, 0.2) is 16.7 Å². The van der Waals surface area contributed by atoms with Crippen molar-refractivity contribution in [2.75, 3.05) is 11.9 Å². The minimum Gasteiger partial charge on any atom is -0.388 e. The molecule has 0 spiro atoms. The van der Waals surface area contributed by atoms with Crippen LogP contribution in [0.25, 0.3) is 0 Å². The van der Waals surface area contributed by atoms with Crippen LogP contribution in [-0.4, -0.2) is 22.2 Å². The van der Waals surface area contributed by atoms with Crippen LogP contribution < -0.4 is 5.32 Å². The van der Waals surface area contributed by atoms with Crippen molar-refractivity contribution in [1.29, 1.82) is 0 Å². The van der Waals surface area contributed by atoms with E-state index < -0.39 is 5.60 Å². The quantitative estimate of drug-likeness (QED) is 0.869. The molecule has 3 nitrogen and oxygen atoms in total. The Labute approximate surface area is 116 Å². The molecule has 0 amide bonds. The first-order chi connectivity index (χ1) is 7.80. The summed E-state index contributed by atoms with van der Waals surface area (Å²) in [5.74, 6) is 1.04. The lowest BCUT2D eigenvalue weighted by atomic mass is 9.94. The third kappa shape index (κ3) is 5.23. The van der Waals surface area contributed by atoms with Gasteiger partial charge in [-0.1, -0.05) is 25.4 Å². The Morgan fingerprint density at radius 2 is 2.24 bits per heavy atom. The molecule has 0 saturated carbocycles. The Kier molecular flexibility index (Phi) is 5.22. The fourth-order valence-electron chi connectivity index (χ4n) is 1.77. The number of hydrogen-bond donors (Lipinski definition) is 2. The standard InChI is InChI=1S/C12H18BrClN2O/c1-8(2)5-12(3,17)7-16-11-10(14)4-9(13)6-15-11/h4,6,8,17H,5,7H2,1-3H3,(H,15,16). The molecule has 0 bridgehead atoms. The Bertz CT molecular complexity index is 383. The van der Waals surface area contributed by atoms with E-state index >= 15 is 0 Å². The molecule has 96 valence electrons. The lowest BCUT2D eigenvalue weighted by Gasteiger charge is -2.26. The number of halogens is 2. The SMILES string of the molecule is CC(C)CC(C)(O)CNc1ncc(Br)cc1Cl. The first kappa shape index (κ1) is 14.7. The van der Waals surface area contributed by atoms with E-state index in [0.29, 0.717) is 23.3 Å². The van der Waals surface area contributed by atoms with Crippen molar-refractivity contribution in [1.82, 2.24) is 4.98 Å². The first-order valence-corrected chi connectivity index (χ1v) is 6.74. The highest BCUT2D eigenvalue weighted by Gasteiger charge is 2.22. The molecule has 0 fully saturated rings. The lowest BCUT2D eigenvalue weighted by Crippen LogP contribution is -2.35. The second-order valence-corrected chi connectivity index (χ2v) is 6.26. The van der Waals surface area contributed by atoms with Gasteiger partial charge in [-0.3, -0.25) is 0 Å². The molecule has 5 heteroatoms. The number of aromatic nitrogens is 1. The van der Waals surface area contributed by atoms with E-state index in [9.17, 15) is 5.11 Å². The van der Waals surface area contributed by atoms with Gasteiger partial charge in [-0.15, -0.1) is 0 Å². The fraction of sp³-hybridized carbons (Fsp3) is 0.583. The summed E-state index contributed by atoms with van der Waals surface area (Å²) in [6.45, 7) is 6.41. The molecule has 0 aromatic carbocycles. The van der Waals surface area contributed by atoms with Gasteiger partial charge in [0.05, 0.1) is 10.6 Å². The Morgan fingerprint density at radius 1 is 1.59 bits per heavy atom. The molecule has 0 aliphatic heterocycles. The summed E-state index contributed by atoms with van der Waals surface area (Å²) in [4.78, 5) is 4.16. The fourth-order valence-corrected chi connectivity index (χ4v) is 2.47. The molecule has 0 saturated heterocycles. The van der Waals surface area contributed by atoms with Gasteiger partial charge in [-0.2, -0.15) is 0 Å². The van der Waals surface area contributed by atoms with Gasteiger partial charge in [-0.05, 0) is 41.3 Å². The van der Waals surface area contributed by atoms with E-state index in [2.05, 4.69) is 40.1 Å². The van der Waals surface area contributed by atoms with Gasteiger partial charge in [0.15, 0.2) is 0 Å². The zero-order chi connectivity index (χ0) is 13.1. The highest BCUT2D eigenvalue weighted by molar-refractivity contribution is 9.10. The van der Waals surface area contributed by atoms with Crippen LogP contribution in [-0.2, 0) is 0 Å². The number of nitrogens with one attached hydrogen (secondary N) is 1. The molecule has 17 heavy (non-hydrogen) atoms. The summed E-state index contributed by atoms with van der Waals surface area (Å²) in [5.41, 5.74) is -0.758. The monoisotopic (exact) mass is 320 g/mol. The van der Waals surface area contributed by atoms with Crippen LogP contribution in [0.3, 0.4) is 0 Å². The van der Waals surface area contributed by atoms with Gasteiger partial charge in [-0.25, -0.2) is 4.98 Å². The summed E-state index contributed by atoms with van der Waals surface area (Å²) < 4.78 is 0.835. The van der Waals surface area contributed by atoms with Gasteiger partial charge >= 0.3 is 0 Å². The number of pyridine rings is 1. The minimum absolute atomic E-state index is 0.430. The van der Waals surface area contributed by atoms with Crippen LogP contribution in [0.1, 0.15) is 27.2 Å². The maximum Gasteiger partial charge on any atom is 0.144 e. The summed E-state index contributed by atoms with van der Waals surface area (Å²) in [6.07, 6.45) is 2.40. The van der Waals surface area contributed by atoms with E-state index in [-0.39, 0.29) is 0 Å². The molecule has 0 aliphatic rings. The van der Waals surface area contributed by atoms with Crippen molar-refractivity contribution >= 4 is 33.3 Å². The molecular weight excluding hydrogens is 304 g/mol. The molecule has 0 aliphatic carbocycles. The zero-order valence-electron chi connectivity index (χ0n) is 10.3. The third-order valence-corrected chi connectivity index (χ3v) is 3.01. The van der Waals surface area contributed by atoms with E-state index in [1.54, 1.807) is 12.3 Å². The van der Waals surface area contributed by atoms with Crippen LogP contribution in [0.5, 0.6) is 0 Å². The van der Waals surface area contributed by atoms with Crippen LogP contribution in [0.2, 0.25) is 5.02 Å². The highest BCUT2D eigenvalue weighted by Crippen LogP contribution is 2.24. The van der Waals surface area contributed by atoms with Gasteiger partial charge in [0.2, 0.25) is 0 Å². The van der Waals surface area contributed by atoms with Crippen LogP contribution >= 0.6 is 27.5 Å². The Morgan fingerprint density at radius 3 is 2.76 bits per heavy atom. The molecule has 1 unspecified atom stereocenters. The number of hydrogen-bond acceptors (Lipinski definition) is 3. The van der Waals surface area contributed by atoms with Crippen molar-refractivity contribution in [3.8, 4) is 0 Å². The van der Waals surface area contributed by atoms with E-state index in [1.165, 1.54) is 0 Å². The molecule has 1 aromatic rings. The highest BCUT2D eigenvalue weighted by atomic mass is 79.9.